The Morgan fingerprint density at radius 3 is 2.60 bits per heavy atom. The summed E-state index contributed by atoms with van der Waals surface area (Å²) in [5, 5.41) is 11.5. The highest BCUT2D eigenvalue weighted by Crippen LogP contribution is 2.67. The molecule has 7 heteroatoms. The smallest absolute Gasteiger partial charge is 0.305 e. The van der Waals surface area contributed by atoms with Crippen LogP contribution in [0.2, 0.25) is 0 Å². The van der Waals surface area contributed by atoms with Crippen LogP contribution in [0.15, 0.2) is 46.2 Å². The summed E-state index contributed by atoms with van der Waals surface area (Å²) >= 11 is 0. The van der Waals surface area contributed by atoms with Crippen molar-refractivity contribution in [1.29, 1.82) is 0 Å². The van der Waals surface area contributed by atoms with Crippen LogP contribution < -0.4 is 0 Å². The molecule has 3 aliphatic carbocycles. The molecule has 0 radical (unpaired) electrons. The second kappa shape index (κ2) is 7.99. The van der Waals surface area contributed by atoms with Crippen LogP contribution in [-0.2, 0) is 23.8 Å². The van der Waals surface area contributed by atoms with Gasteiger partial charge in [-0.25, -0.2) is 0 Å². The molecule has 0 saturated heterocycles. The van der Waals surface area contributed by atoms with Crippen molar-refractivity contribution in [1.82, 2.24) is 0 Å². The summed E-state index contributed by atoms with van der Waals surface area (Å²) in [7, 11) is 2.96. The molecule has 2 heterocycles. The second-order valence-corrected chi connectivity index (χ2v) is 11.7. The van der Waals surface area contributed by atoms with E-state index in [0.717, 1.165) is 24.0 Å². The van der Waals surface area contributed by atoms with Crippen molar-refractivity contribution in [2.24, 2.45) is 34.0 Å². The van der Waals surface area contributed by atoms with Gasteiger partial charge in [-0.3, -0.25) is 9.59 Å². The number of allylic oxidation sites excluding steroid dienone is 2. The third-order valence-corrected chi connectivity index (χ3v) is 9.85. The lowest BCUT2D eigenvalue weighted by Crippen LogP contribution is -2.66. The van der Waals surface area contributed by atoms with E-state index in [-0.39, 0.29) is 41.5 Å². The Morgan fingerprint density at radius 1 is 1.23 bits per heavy atom. The summed E-state index contributed by atoms with van der Waals surface area (Å²) in [6, 6.07) is 1.92. The molecule has 0 amide bonds. The van der Waals surface area contributed by atoms with E-state index >= 15 is 0 Å². The van der Waals surface area contributed by atoms with Crippen LogP contribution >= 0.6 is 0 Å². The fraction of sp³-hybridized carbons (Fsp3) is 0.643. The van der Waals surface area contributed by atoms with Crippen molar-refractivity contribution >= 4 is 11.8 Å². The van der Waals surface area contributed by atoms with Crippen LogP contribution in [0.25, 0.3) is 0 Å². The third kappa shape index (κ3) is 3.19. The summed E-state index contributed by atoms with van der Waals surface area (Å²) < 4.78 is 22.3. The average Bonchev–Trinajstić information content (AvgIpc) is 3.36. The molecular formula is C28H36O7. The zero-order chi connectivity index (χ0) is 25.3. The molecule has 2 fully saturated rings. The van der Waals surface area contributed by atoms with Crippen molar-refractivity contribution in [3.63, 3.8) is 0 Å². The quantitative estimate of drug-likeness (QED) is 0.618. The molecule has 1 aliphatic heterocycles. The van der Waals surface area contributed by atoms with Gasteiger partial charge in [0.15, 0.2) is 0 Å². The summed E-state index contributed by atoms with van der Waals surface area (Å²) in [5.41, 5.74) is 1.50. The van der Waals surface area contributed by atoms with Gasteiger partial charge in [0.1, 0.15) is 11.9 Å². The molecule has 2 bridgehead atoms. The number of carbonyl (C=O) groups excluding carboxylic acids is 2. The summed E-state index contributed by atoms with van der Waals surface area (Å²) in [6.07, 6.45) is 6.39. The number of hydrogen-bond acceptors (Lipinski definition) is 7. The van der Waals surface area contributed by atoms with Gasteiger partial charge in [-0.1, -0.05) is 33.3 Å². The fourth-order valence-corrected chi connectivity index (χ4v) is 7.91. The number of esters is 1. The number of ether oxygens (including phenoxy) is 3. The first kappa shape index (κ1) is 24.2. The Hall–Kier alpha value is -2.54. The number of hydrogen-bond donors (Lipinski definition) is 1. The van der Waals surface area contributed by atoms with Crippen molar-refractivity contribution in [3.05, 3.63) is 47.3 Å². The zero-order valence-electron chi connectivity index (χ0n) is 21.4. The number of Topliss-reactive ketones (excluding diaryl/α,β-unsaturated/α-hetero) is 1. The largest absolute Gasteiger partial charge is 0.472 e. The number of rotatable bonds is 4. The number of carbonyl (C=O) groups is 2. The highest BCUT2D eigenvalue weighted by Gasteiger charge is 2.67. The van der Waals surface area contributed by atoms with Gasteiger partial charge in [0.05, 0.1) is 32.8 Å². The Labute approximate surface area is 206 Å². The first-order valence-corrected chi connectivity index (χ1v) is 12.5. The van der Waals surface area contributed by atoms with Gasteiger partial charge in [0, 0.05) is 34.8 Å². The molecule has 7 atom stereocenters. The monoisotopic (exact) mass is 484 g/mol. The van der Waals surface area contributed by atoms with Crippen LogP contribution in [0.3, 0.4) is 0 Å². The molecule has 1 aromatic rings. The van der Waals surface area contributed by atoms with Gasteiger partial charge >= 0.3 is 5.97 Å². The molecule has 5 rings (SSSR count). The normalized spacial score (nSPS) is 39.7. The van der Waals surface area contributed by atoms with Gasteiger partial charge in [-0.2, -0.15) is 0 Å². The summed E-state index contributed by atoms with van der Waals surface area (Å²) in [6.45, 7) is 8.19. The molecule has 35 heavy (non-hydrogen) atoms. The molecular weight excluding hydrogens is 448 g/mol. The van der Waals surface area contributed by atoms with Crippen LogP contribution in [0.4, 0.5) is 0 Å². The van der Waals surface area contributed by atoms with Gasteiger partial charge in [0.25, 0.3) is 5.95 Å². The first-order chi connectivity index (χ1) is 16.5. The van der Waals surface area contributed by atoms with Crippen molar-refractivity contribution in [2.45, 2.75) is 65.6 Å². The van der Waals surface area contributed by atoms with Crippen molar-refractivity contribution < 1.29 is 33.3 Å². The van der Waals surface area contributed by atoms with E-state index in [4.69, 9.17) is 18.6 Å². The SMILES string of the molecule is COC(=O)C[C@H]1C(C)(C)[C@@H](O)[C@@H]2CC3=C4C=C(OC)O[C@@H](c5ccoc5)[C@]4(C)CC[C@@H]3[C@@]1(C)C2=O. The molecule has 0 aromatic carbocycles. The first-order valence-electron chi connectivity index (χ1n) is 12.5. The maximum absolute atomic E-state index is 14.0. The van der Waals surface area contributed by atoms with E-state index in [1.54, 1.807) is 19.6 Å². The fourth-order valence-electron chi connectivity index (χ4n) is 7.91. The minimum Gasteiger partial charge on any atom is -0.472 e. The lowest BCUT2D eigenvalue weighted by atomic mass is 9.41. The number of methoxy groups -OCH3 is 2. The molecule has 190 valence electrons. The Kier molecular flexibility index (Phi) is 5.51. The van der Waals surface area contributed by atoms with Gasteiger partial charge in [0.2, 0.25) is 0 Å². The minimum absolute atomic E-state index is 0.0341. The molecule has 2 saturated carbocycles. The summed E-state index contributed by atoms with van der Waals surface area (Å²) in [4.78, 5) is 26.5. The van der Waals surface area contributed by atoms with Gasteiger partial charge < -0.3 is 23.7 Å². The maximum atomic E-state index is 14.0. The average molecular weight is 485 g/mol. The molecule has 7 nitrogen and oxygen atoms in total. The second-order valence-electron chi connectivity index (χ2n) is 11.7. The van der Waals surface area contributed by atoms with E-state index in [2.05, 4.69) is 6.92 Å². The standard InChI is InChI=1S/C28H36O7/c1-26(2)20(13-21(29)32-5)28(4)18-7-9-27(3)19(16(18)11-17(23(26)30)24(28)31)12-22(33-6)35-25(27)15-8-10-34-14-15/h8,10,12,14,17-18,20,23,25,30H,7,9,11,13H2,1-6H3/t17-,18-,20-,23-,25-,27+,28+/m0/s1. The number of fused-ring (bicyclic) bond motifs is 5. The van der Waals surface area contributed by atoms with Crippen molar-refractivity contribution in [3.8, 4) is 0 Å². The Balaban J connectivity index is 1.70. The number of aliphatic hydroxyl groups is 1. The lowest BCUT2D eigenvalue weighted by molar-refractivity contribution is -0.185. The number of ketones is 1. The highest BCUT2D eigenvalue weighted by atomic mass is 16.7. The summed E-state index contributed by atoms with van der Waals surface area (Å²) in [5.74, 6) is -0.743. The predicted octanol–water partition coefficient (Wildman–Crippen LogP) is 4.73. The zero-order valence-corrected chi connectivity index (χ0v) is 21.4. The predicted molar refractivity (Wildman–Crippen MR) is 127 cm³/mol. The van der Waals surface area contributed by atoms with E-state index in [0.29, 0.717) is 12.4 Å². The third-order valence-electron chi connectivity index (χ3n) is 9.85. The number of aliphatic hydroxyl groups excluding tert-OH is 1. The maximum Gasteiger partial charge on any atom is 0.305 e. The Morgan fingerprint density at radius 2 is 1.97 bits per heavy atom. The van der Waals surface area contributed by atoms with E-state index in [1.165, 1.54) is 12.7 Å². The highest BCUT2D eigenvalue weighted by molar-refractivity contribution is 5.92. The van der Waals surface area contributed by atoms with Crippen molar-refractivity contribution in [2.75, 3.05) is 14.2 Å². The van der Waals surface area contributed by atoms with E-state index in [9.17, 15) is 14.7 Å². The van der Waals surface area contributed by atoms with E-state index < -0.39 is 22.9 Å². The van der Waals surface area contributed by atoms with Gasteiger partial charge in [-0.15, -0.1) is 0 Å². The van der Waals surface area contributed by atoms with Crippen LogP contribution in [-0.4, -0.2) is 37.2 Å². The van der Waals surface area contributed by atoms with Crippen LogP contribution in [0.1, 0.15) is 65.0 Å². The lowest BCUT2D eigenvalue weighted by Gasteiger charge is -2.63. The Bertz CT molecular complexity index is 1100. The number of furan rings is 1. The molecule has 1 aromatic heterocycles. The van der Waals surface area contributed by atoms with Crippen LogP contribution in [0, 0.1) is 34.0 Å². The van der Waals surface area contributed by atoms with Gasteiger partial charge in [-0.05, 0) is 48.2 Å². The van der Waals surface area contributed by atoms with Crippen LogP contribution in [0.5, 0.6) is 0 Å². The molecule has 0 spiro atoms. The molecule has 4 aliphatic rings. The molecule has 0 unspecified atom stereocenters. The van der Waals surface area contributed by atoms with E-state index in [1.807, 2.05) is 32.9 Å². The minimum atomic E-state index is -0.852. The topological polar surface area (TPSA) is 95.2 Å². The molecule has 1 N–H and O–H groups in total.